The lowest BCUT2D eigenvalue weighted by Crippen LogP contribution is -2.42. The smallest absolute Gasteiger partial charge is 0.292 e. The van der Waals surface area contributed by atoms with Crippen LogP contribution in [0.5, 0.6) is 0 Å². The van der Waals surface area contributed by atoms with E-state index in [1.807, 2.05) is 0 Å². The van der Waals surface area contributed by atoms with Gasteiger partial charge in [0.25, 0.3) is 5.69 Å². The van der Waals surface area contributed by atoms with Gasteiger partial charge in [-0.1, -0.05) is 6.07 Å². The lowest BCUT2D eigenvalue weighted by Gasteiger charge is -2.36. The summed E-state index contributed by atoms with van der Waals surface area (Å²) in [7, 11) is 4.14. The number of anilines is 1. The van der Waals surface area contributed by atoms with Crippen molar-refractivity contribution in [3.8, 4) is 0 Å². The van der Waals surface area contributed by atoms with Crippen LogP contribution in [0.25, 0.3) is 0 Å². The number of hydrogen-bond acceptors (Lipinski definition) is 5. The van der Waals surface area contributed by atoms with E-state index in [1.165, 1.54) is 6.07 Å². The molecule has 6 nitrogen and oxygen atoms in total. The number of aliphatic hydroxyl groups excluding tert-OH is 1. The van der Waals surface area contributed by atoms with E-state index in [0.29, 0.717) is 17.3 Å². The van der Waals surface area contributed by atoms with Crippen molar-refractivity contribution in [2.45, 2.75) is 31.9 Å². The molecule has 0 aromatic heterocycles. The molecule has 1 N–H and O–H groups in total. The van der Waals surface area contributed by atoms with Gasteiger partial charge in [0, 0.05) is 25.2 Å². The lowest BCUT2D eigenvalue weighted by atomic mass is 10.0. The first-order valence-corrected chi connectivity index (χ1v) is 7.28. The maximum Gasteiger partial charge on any atom is 0.292 e. The third-order valence-corrected chi connectivity index (χ3v) is 4.21. The Morgan fingerprint density at radius 1 is 1.38 bits per heavy atom. The predicted molar refractivity (Wildman–Crippen MR) is 82.7 cm³/mol. The third-order valence-electron chi connectivity index (χ3n) is 4.21. The average Bonchev–Trinajstić information content (AvgIpc) is 2.46. The quantitative estimate of drug-likeness (QED) is 0.680. The monoisotopic (exact) mass is 293 g/mol. The molecule has 2 rings (SSSR count). The number of rotatable bonds is 4. The Labute approximate surface area is 125 Å². The molecule has 1 fully saturated rings. The Morgan fingerprint density at radius 3 is 2.48 bits per heavy atom. The maximum absolute atomic E-state index is 11.3. The van der Waals surface area contributed by atoms with Crippen molar-refractivity contribution in [2.24, 2.45) is 0 Å². The van der Waals surface area contributed by atoms with Crippen LogP contribution < -0.4 is 4.90 Å². The normalized spacial score (nSPS) is 18.0. The Morgan fingerprint density at radius 2 is 2.00 bits per heavy atom. The average molecular weight is 293 g/mol. The molecule has 1 atom stereocenters. The van der Waals surface area contributed by atoms with Crippen molar-refractivity contribution in [3.05, 3.63) is 33.9 Å². The van der Waals surface area contributed by atoms with Gasteiger partial charge < -0.3 is 14.9 Å². The zero-order chi connectivity index (χ0) is 15.6. The summed E-state index contributed by atoms with van der Waals surface area (Å²) in [6.07, 6.45) is 1.31. The molecular weight excluding hydrogens is 270 g/mol. The minimum absolute atomic E-state index is 0.0803. The van der Waals surface area contributed by atoms with E-state index >= 15 is 0 Å². The highest BCUT2D eigenvalue weighted by atomic mass is 16.6. The van der Waals surface area contributed by atoms with Crippen molar-refractivity contribution in [1.82, 2.24) is 4.90 Å². The van der Waals surface area contributed by atoms with E-state index in [-0.39, 0.29) is 10.6 Å². The fourth-order valence-electron chi connectivity index (χ4n) is 2.84. The van der Waals surface area contributed by atoms with E-state index in [0.717, 1.165) is 25.9 Å². The third kappa shape index (κ3) is 3.51. The van der Waals surface area contributed by atoms with Crippen LogP contribution in [0.2, 0.25) is 0 Å². The molecule has 116 valence electrons. The van der Waals surface area contributed by atoms with E-state index in [1.54, 1.807) is 19.1 Å². The molecule has 0 amide bonds. The number of benzene rings is 1. The Hall–Kier alpha value is -1.66. The zero-order valence-electron chi connectivity index (χ0n) is 12.8. The van der Waals surface area contributed by atoms with E-state index in [2.05, 4.69) is 23.9 Å². The van der Waals surface area contributed by atoms with Gasteiger partial charge in [0.15, 0.2) is 0 Å². The van der Waals surface area contributed by atoms with Gasteiger partial charge >= 0.3 is 0 Å². The number of nitrogens with zero attached hydrogens (tertiary/aromatic N) is 3. The van der Waals surface area contributed by atoms with Crippen LogP contribution in [-0.2, 0) is 0 Å². The lowest BCUT2D eigenvalue weighted by molar-refractivity contribution is -0.384. The first-order valence-electron chi connectivity index (χ1n) is 7.28. The molecule has 21 heavy (non-hydrogen) atoms. The Bertz CT molecular complexity index is 509. The topological polar surface area (TPSA) is 69.8 Å². The first kappa shape index (κ1) is 15.7. The van der Waals surface area contributed by atoms with Crippen LogP contribution >= 0.6 is 0 Å². The molecule has 0 bridgehead atoms. The molecule has 1 aromatic rings. The van der Waals surface area contributed by atoms with Gasteiger partial charge in [0.05, 0.1) is 11.0 Å². The van der Waals surface area contributed by atoms with E-state index in [4.69, 9.17) is 0 Å². The molecule has 6 heteroatoms. The largest absolute Gasteiger partial charge is 0.389 e. The summed E-state index contributed by atoms with van der Waals surface area (Å²) in [6.45, 7) is 3.25. The summed E-state index contributed by atoms with van der Waals surface area (Å²) in [5.74, 6) is 0. The summed E-state index contributed by atoms with van der Waals surface area (Å²) < 4.78 is 0. The van der Waals surface area contributed by atoms with Gasteiger partial charge in [0.1, 0.15) is 5.69 Å². The van der Waals surface area contributed by atoms with E-state index < -0.39 is 6.10 Å². The molecule has 0 saturated carbocycles. The minimum atomic E-state index is -0.697. The molecular formula is C15H23N3O3. The second-order valence-corrected chi connectivity index (χ2v) is 5.86. The molecule has 1 aliphatic rings. The highest BCUT2D eigenvalue weighted by molar-refractivity contribution is 5.64. The van der Waals surface area contributed by atoms with Crippen LogP contribution in [0.1, 0.15) is 31.4 Å². The second kappa shape index (κ2) is 6.41. The Kier molecular flexibility index (Phi) is 4.80. The molecule has 0 radical (unpaired) electrons. The maximum atomic E-state index is 11.3. The van der Waals surface area contributed by atoms with Gasteiger partial charge in [0.2, 0.25) is 0 Å². The predicted octanol–water partition coefficient (Wildman–Crippen LogP) is 2.18. The molecule has 1 unspecified atom stereocenters. The van der Waals surface area contributed by atoms with Crippen molar-refractivity contribution >= 4 is 11.4 Å². The first-order chi connectivity index (χ1) is 9.90. The second-order valence-electron chi connectivity index (χ2n) is 5.86. The number of piperidine rings is 1. The van der Waals surface area contributed by atoms with Crippen LogP contribution in [0.15, 0.2) is 18.2 Å². The summed E-state index contributed by atoms with van der Waals surface area (Å²) in [5.41, 5.74) is 1.31. The summed E-state index contributed by atoms with van der Waals surface area (Å²) in [4.78, 5) is 15.2. The summed E-state index contributed by atoms with van der Waals surface area (Å²) in [6, 6.07) is 5.55. The van der Waals surface area contributed by atoms with Crippen molar-refractivity contribution in [2.75, 3.05) is 32.1 Å². The molecule has 1 heterocycles. The van der Waals surface area contributed by atoms with Crippen molar-refractivity contribution < 1.29 is 10.0 Å². The van der Waals surface area contributed by atoms with Crippen LogP contribution in [0, 0.1) is 10.1 Å². The Balaban J connectivity index is 2.22. The van der Waals surface area contributed by atoms with Crippen LogP contribution in [0.4, 0.5) is 11.4 Å². The van der Waals surface area contributed by atoms with Crippen molar-refractivity contribution in [3.63, 3.8) is 0 Å². The van der Waals surface area contributed by atoms with Gasteiger partial charge in [-0.3, -0.25) is 10.1 Å². The zero-order valence-corrected chi connectivity index (χ0v) is 12.8. The molecule has 0 spiro atoms. The van der Waals surface area contributed by atoms with Gasteiger partial charge in [-0.15, -0.1) is 0 Å². The molecule has 1 saturated heterocycles. The van der Waals surface area contributed by atoms with Gasteiger partial charge in [-0.2, -0.15) is 0 Å². The molecule has 1 aromatic carbocycles. The molecule has 1 aliphatic heterocycles. The van der Waals surface area contributed by atoms with Crippen LogP contribution in [0.3, 0.4) is 0 Å². The SMILES string of the molecule is CC(O)c1ccc(N2CCC(N(C)C)CC2)c([N+](=O)[O-])c1. The van der Waals surface area contributed by atoms with Gasteiger partial charge in [-0.25, -0.2) is 0 Å². The summed E-state index contributed by atoms with van der Waals surface area (Å²) in [5, 5.41) is 20.9. The highest BCUT2D eigenvalue weighted by Crippen LogP contribution is 2.33. The standard InChI is InChI=1S/C15H23N3O3/c1-11(19)12-4-5-14(15(10-12)18(20)21)17-8-6-13(7-9-17)16(2)3/h4-5,10-11,13,19H,6-9H2,1-3H3. The minimum Gasteiger partial charge on any atom is -0.389 e. The number of nitro groups is 1. The summed E-state index contributed by atoms with van der Waals surface area (Å²) >= 11 is 0. The van der Waals surface area contributed by atoms with Crippen LogP contribution in [-0.4, -0.2) is 48.2 Å². The fourth-order valence-corrected chi connectivity index (χ4v) is 2.84. The highest BCUT2D eigenvalue weighted by Gasteiger charge is 2.26. The fraction of sp³-hybridized carbons (Fsp3) is 0.600. The van der Waals surface area contributed by atoms with Crippen molar-refractivity contribution in [1.29, 1.82) is 0 Å². The number of nitro benzene ring substituents is 1. The molecule has 0 aliphatic carbocycles. The van der Waals surface area contributed by atoms with E-state index in [9.17, 15) is 15.2 Å². The number of aliphatic hydroxyl groups is 1. The number of hydrogen-bond donors (Lipinski definition) is 1. The van der Waals surface area contributed by atoms with Gasteiger partial charge in [-0.05, 0) is 45.5 Å².